The highest BCUT2D eigenvalue weighted by Gasteiger charge is 2.24. The summed E-state index contributed by atoms with van der Waals surface area (Å²) in [5.41, 5.74) is 1.12. The molecule has 0 aliphatic heterocycles. The number of nitriles is 1. The molecule has 4 nitrogen and oxygen atoms in total. The highest BCUT2D eigenvalue weighted by atomic mass is 19.2. The van der Waals surface area contributed by atoms with Gasteiger partial charge in [0.2, 0.25) is 0 Å². The van der Waals surface area contributed by atoms with Crippen LogP contribution in [0, 0.1) is 23.0 Å². The Morgan fingerprint density at radius 1 is 1.26 bits per heavy atom. The number of ether oxygens (including phenoxy) is 1. The summed E-state index contributed by atoms with van der Waals surface area (Å²) >= 11 is 0. The fourth-order valence-electron chi connectivity index (χ4n) is 2.08. The molecule has 2 aromatic rings. The van der Waals surface area contributed by atoms with Gasteiger partial charge in [0.1, 0.15) is 0 Å². The van der Waals surface area contributed by atoms with Gasteiger partial charge in [-0.15, -0.1) is 0 Å². The third-order valence-corrected chi connectivity index (χ3v) is 3.29. The van der Waals surface area contributed by atoms with Crippen molar-refractivity contribution in [3.05, 3.63) is 70.8 Å². The third kappa shape index (κ3) is 3.90. The van der Waals surface area contributed by atoms with Gasteiger partial charge >= 0.3 is 0 Å². The minimum atomic E-state index is -1.25. The van der Waals surface area contributed by atoms with E-state index >= 15 is 0 Å². The van der Waals surface area contributed by atoms with Crippen molar-refractivity contribution in [2.24, 2.45) is 0 Å². The van der Waals surface area contributed by atoms with Crippen LogP contribution < -0.4 is 5.32 Å². The summed E-state index contributed by atoms with van der Waals surface area (Å²) in [5, 5.41) is 11.3. The number of rotatable bonds is 5. The van der Waals surface area contributed by atoms with E-state index in [4.69, 9.17) is 10.00 Å². The van der Waals surface area contributed by atoms with Crippen LogP contribution in [-0.4, -0.2) is 13.0 Å². The number of hydrogen-bond donors (Lipinski definition) is 1. The van der Waals surface area contributed by atoms with E-state index in [0.29, 0.717) is 5.56 Å². The van der Waals surface area contributed by atoms with Crippen LogP contribution in [0.15, 0.2) is 42.5 Å². The maximum Gasteiger partial charge on any atom is 0.254 e. The van der Waals surface area contributed by atoms with Crippen molar-refractivity contribution in [1.82, 2.24) is 5.32 Å². The summed E-state index contributed by atoms with van der Waals surface area (Å²) in [6, 6.07) is 12.2. The molecule has 0 bridgehead atoms. The molecule has 1 atom stereocenters. The van der Waals surface area contributed by atoms with Gasteiger partial charge in [0, 0.05) is 19.2 Å². The van der Waals surface area contributed by atoms with E-state index in [-0.39, 0.29) is 12.1 Å². The smallest absolute Gasteiger partial charge is 0.254 e. The number of amides is 1. The van der Waals surface area contributed by atoms with Gasteiger partial charge in [-0.05, 0) is 23.8 Å². The SMILES string of the molecule is COC(C(=O)NCc1ccc(C#N)cc1)c1cccc(F)c1F. The molecule has 0 fully saturated rings. The number of hydrogen-bond acceptors (Lipinski definition) is 3. The molecule has 0 saturated heterocycles. The molecular weight excluding hydrogens is 302 g/mol. The third-order valence-electron chi connectivity index (χ3n) is 3.29. The van der Waals surface area contributed by atoms with E-state index in [1.807, 2.05) is 6.07 Å². The molecule has 1 unspecified atom stereocenters. The van der Waals surface area contributed by atoms with E-state index in [2.05, 4.69) is 5.32 Å². The second kappa shape index (κ2) is 7.47. The molecule has 0 aliphatic carbocycles. The monoisotopic (exact) mass is 316 g/mol. The van der Waals surface area contributed by atoms with Gasteiger partial charge < -0.3 is 10.1 Å². The molecule has 118 valence electrons. The molecule has 2 aromatic carbocycles. The number of carbonyl (C=O) groups excluding carboxylic acids is 1. The van der Waals surface area contributed by atoms with Crippen molar-refractivity contribution < 1.29 is 18.3 Å². The lowest BCUT2D eigenvalue weighted by atomic mass is 10.1. The van der Waals surface area contributed by atoms with E-state index in [0.717, 1.165) is 11.6 Å². The number of methoxy groups -OCH3 is 1. The molecule has 0 aromatic heterocycles. The topological polar surface area (TPSA) is 62.1 Å². The molecule has 23 heavy (non-hydrogen) atoms. The quantitative estimate of drug-likeness (QED) is 0.922. The normalized spacial score (nSPS) is 11.6. The first-order chi connectivity index (χ1) is 11.1. The number of nitrogens with zero attached hydrogens (tertiary/aromatic N) is 1. The molecule has 0 saturated carbocycles. The fraction of sp³-hybridized carbons (Fsp3) is 0.176. The predicted octanol–water partition coefficient (Wildman–Crippen LogP) is 2.84. The lowest BCUT2D eigenvalue weighted by Crippen LogP contribution is -2.30. The largest absolute Gasteiger partial charge is 0.367 e. The standard InChI is InChI=1S/C17H14F2N2O2/c1-23-16(13-3-2-4-14(18)15(13)19)17(22)21-10-12-7-5-11(9-20)6-8-12/h2-8,16H,10H2,1H3,(H,21,22). The predicted molar refractivity (Wildman–Crippen MR) is 79.1 cm³/mol. The zero-order chi connectivity index (χ0) is 16.8. The Morgan fingerprint density at radius 3 is 2.57 bits per heavy atom. The second-order valence-corrected chi connectivity index (χ2v) is 4.79. The number of benzene rings is 2. The molecule has 0 spiro atoms. The lowest BCUT2D eigenvalue weighted by molar-refractivity contribution is -0.131. The van der Waals surface area contributed by atoms with Crippen molar-refractivity contribution in [2.75, 3.05) is 7.11 Å². The minimum absolute atomic E-state index is 0.162. The van der Waals surface area contributed by atoms with Gasteiger partial charge in [-0.1, -0.05) is 24.3 Å². The summed E-state index contributed by atoms with van der Waals surface area (Å²) in [6.07, 6.45) is -1.25. The minimum Gasteiger partial charge on any atom is -0.367 e. The summed E-state index contributed by atoms with van der Waals surface area (Å²) in [5.74, 6) is -2.72. The van der Waals surface area contributed by atoms with Crippen molar-refractivity contribution in [2.45, 2.75) is 12.6 Å². The van der Waals surface area contributed by atoms with Crippen molar-refractivity contribution >= 4 is 5.91 Å². The Morgan fingerprint density at radius 2 is 1.96 bits per heavy atom. The molecule has 0 aliphatic rings. The number of halogens is 2. The Kier molecular flexibility index (Phi) is 5.39. The van der Waals surface area contributed by atoms with Crippen LogP contribution >= 0.6 is 0 Å². The Labute approximate surface area is 132 Å². The highest BCUT2D eigenvalue weighted by molar-refractivity contribution is 5.82. The highest BCUT2D eigenvalue weighted by Crippen LogP contribution is 2.22. The first kappa shape index (κ1) is 16.6. The van der Waals surface area contributed by atoms with E-state index in [1.54, 1.807) is 24.3 Å². The van der Waals surface area contributed by atoms with Gasteiger partial charge in [-0.2, -0.15) is 5.26 Å². The summed E-state index contributed by atoms with van der Waals surface area (Å²) in [6.45, 7) is 0.182. The first-order valence-electron chi connectivity index (χ1n) is 6.80. The second-order valence-electron chi connectivity index (χ2n) is 4.79. The van der Waals surface area contributed by atoms with Crippen LogP contribution in [0.2, 0.25) is 0 Å². The van der Waals surface area contributed by atoms with Crippen LogP contribution in [0.4, 0.5) is 8.78 Å². The molecule has 6 heteroatoms. The van der Waals surface area contributed by atoms with Crippen LogP contribution in [0.5, 0.6) is 0 Å². The van der Waals surface area contributed by atoms with E-state index < -0.39 is 23.6 Å². The zero-order valence-corrected chi connectivity index (χ0v) is 12.3. The first-order valence-corrected chi connectivity index (χ1v) is 6.80. The maximum absolute atomic E-state index is 13.8. The van der Waals surface area contributed by atoms with Crippen LogP contribution in [0.25, 0.3) is 0 Å². The zero-order valence-electron chi connectivity index (χ0n) is 12.3. The maximum atomic E-state index is 13.8. The van der Waals surface area contributed by atoms with Crippen LogP contribution in [0.3, 0.4) is 0 Å². The van der Waals surface area contributed by atoms with Crippen LogP contribution in [-0.2, 0) is 16.1 Å². The Balaban J connectivity index is 2.08. The van der Waals surface area contributed by atoms with Crippen molar-refractivity contribution in [1.29, 1.82) is 5.26 Å². The van der Waals surface area contributed by atoms with Crippen LogP contribution in [0.1, 0.15) is 22.8 Å². The molecule has 2 rings (SSSR count). The van der Waals surface area contributed by atoms with Gasteiger partial charge in [-0.3, -0.25) is 4.79 Å². The summed E-state index contributed by atoms with van der Waals surface area (Å²) in [7, 11) is 1.25. The molecule has 1 N–H and O–H groups in total. The molecule has 0 radical (unpaired) electrons. The average Bonchev–Trinajstić information content (AvgIpc) is 2.58. The number of carbonyl (C=O) groups is 1. The van der Waals surface area contributed by atoms with Gasteiger partial charge in [0.25, 0.3) is 5.91 Å². The van der Waals surface area contributed by atoms with Gasteiger partial charge in [0.05, 0.1) is 11.6 Å². The molecular formula is C17H14F2N2O2. The Hall–Kier alpha value is -2.78. The average molecular weight is 316 g/mol. The van der Waals surface area contributed by atoms with Gasteiger partial charge in [0.15, 0.2) is 17.7 Å². The fourth-order valence-corrected chi connectivity index (χ4v) is 2.08. The molecule has 1 amide bonds. The summed E-state index contributed by atoms with van der Waals surface area (Å²) < 4.78 is 32.1. The summed E-state index contributed by atoms with van der Waals surface area (Å²) in [4.78, 5) is 12.2. The van der Waals surface area contributed by atoms with Crippen molar-refractivity contribution in [3.63, 3.8) is 0 Å². The van der Waals surface area contributed by atoms with E-state index in [9.17, 15) is 13.6 Å². The number of nitrogens with one attached hydrogen (secondary N) is 1. The van der Waals surface area contributed by atoms with Gasteiger partial charge in [-0.25, -0.2) is 8.78 Å². The Bertz CT molecular complexity index is 739. The van der Waals surface area contributed by atoms with Crippen molar-refractivity contribution in [3.8, 4) is 6.07 Å². The lowest BCUT2D eigenvalue weighted by Gasteiger charge is -2.16. The van der Waals surface area contributed by atoms with E-state index in [1.165, 1.54) is 19.2 Å². The molecule has 0 heterocycles.